The molecule has 0 spiro atoms. The molecule has 0 saturated heterocycles. The lowest BCUT2D eigenvalue weighted by Gasteiger charge is -2.32. The highest BCUT2D eigenvalue weighted by Crippen LogP contribution is 2.39. The van der Waals surface area contributed by atoms with Gasteiger partial charge in [0.2, 0.25) is 11.8 Å². The molecule has 12 heteroatoms. The van der Waals surface area contributed by atoms with Crippen molar-refractivity contribution in [2.24, 2.45) is 17.6 Å². The molecule has 7 N–H and O–H groups in total. The fourth-order valence-electron chi connectivity index (χ4n) is 5.85. The average Bonchev–Trinajstić information content (AvgIpc) is 3.01. The van der Waals surface area contributed by atoms with Crippen LogP contribution in [0.1, 0.15) is 69.0 Å². The second kappa shape index (κ2) is 16.9. The van der Waals surface area contributed by atoms with Crippen LogP contribution >= 0.6 is 0 Å². The Morgan fingerprint density at radius 1 is 1.02 bits per heavy atom. The first kappa shape index (κ1) is 36.2. The number of fused-ring (bicyclic) bond motifs is 5. The van der Waals surface area contributed by atoms with Crippen molar-refractivity contribution in [1.29, 1.82) is 0 Å². The molecule has 0 fully saturated rings. The van der Waals surface area contributed by atoms with E-state index in [1.165, 1.54) is 55.3 Å². The Labute approximate surface area is 269 Å². The van der Waals surface area contributed by atoms with Crippen LogP contribution in [0.3, 0.4) is 0 Å². The van der Waals surface area contributed by atoms with Crippen LogP contribution in [0.4, 0.5) is 0 Å². The molecule has 0 saturated carbocycles. The number of nitrogens with one attached hydrogen (secondary N) is 2. The fourth-order valence-corrected chi connectivity index (χ4v) is 5.85. The van der Waals surface area contributed by atoms with E-state index in [4.69, 9.17) is 5.73 Å². The summed E-state index contributed by atoms with van der Waals surface area (Å²) in [6, 6.07) is 6.27. The number of nitrogens with zero attached hydrogens (tertiary/aromatic N) is 1. The van der Waals surface area contributed by atoms with Crippen molar-refractivity contribution in [3.8, 4) is 22.6 Å². The van der Waals surface area contributed by atoms with E-state index >= 15 is 0 Å². The summed E-state index contributed by atoms with van der Waals surface area (Å²) in [5.74, 6) is -4.90. The molecule has 0 aliphatic carbocycles. The zero-order chi connectivity index (χ0) is 34.0. The van der Waals surface area contributed by atoms with E-state index in [0.717, 1.165) is 0 Å². The maximum atomic E-state index is 14.1. The molecule has 1 aliphatic heterocycles. The van der Waals surface area contributed by atoms with Gasteiger partial charge in [-0.1, -0.05) is 25.5 Å². The van der Waals surface area contributed by atoms with E-state index in [-0.39, 0.29) is 47.7 Å². The average molecular weight is 639 g/mol. The predicted octanol–water partition coefficient (Wildman–Crippen LogP) is 2.69. The topological polar surface area (TPSA) is 199 Å². The van der Waals surface area contributed by atoms with Gasteiger partial charge < -0.3 is 36.6 Å². The standard InChI is InChI=1S/C34H46N4O8/c1-20-15-30(42)31(38(3)33(44)23(7-4-5-13-35)18-24(39)8-6-14-36-2)22-10-12-29(41)26(19-22)25-16-21(9-11-28(25)40)17-27(34(45)46)37-32(20)43/h9-12,16,19-20,23,27,31,36,40-41H,4-8,13-15,17-18,35H2,1-3H3,(H,37,43)(H,45,46)/t20-,23-,27+,31+/m1/s1. The summed E-state index contributed by atoms with van der Waals surface area (Å²) in [7, 11) is 3.27. The number of carbonyl (C=O) groups is 5. The van der Waals surface area contributed by atoms with Gasteiger partial charge in [-0.3, -0.25) is 19.2 Å². The maximum Gasteiger partial charge on any atom is 0.326 e. The number of hydrogen-bond acceptors (Lipinski definition) is 9. The van der Waals surface area contributed by atoms with Gasteiger partial charge in [-0.05, 0) is 74.8 Å². The summed E-state index contributed by atoms with van der Waals surface area (Å²) < 4.78 is 0. The van der Waals surface area contributed by atoms with E-state index in [2.05, 4.69) is 10.6 Å². The minimum absolute atomic E-state index is 0.00917. The van der Waals surface area contributed by atoms with Gasteiger partial charge in [-0.15, -0.1) is 0 Å². The third kappa shape index (κ3) is 9.37. The van der Waals surface area contributed by atoms with Gasteiger partial charge in [0.25, 0.3) is 0 Å². The molecule has 250 valence electrons. The Morgan fingerprint density at radius 2 is 1.70 bits per heavy atom. The number of phenolic OH excluding ortho intramolecular Hbond substituents is 2. The van der Waals surface area contributed by atoms with Crippen molar-refractivity contribution in [2.45, 2.75) is 70.4 Å². The van der Waals surface area contributed by atoms with Crippen molar-refractivity contribution in [3.05, 3.63) is 47.5 Å². The van der Waals surface area contributed by atoms with Gasteiger partial charge >= 0.3 is 5.97 Å². The van der Waals surface area contributed by atoms with Crippen LogP contribution in [-0.2, 0) is 30.4 Å². The number of rotatable bonds is 13. The lowest BCUT2D eigenvalue weighted by molar-refractivity contribution is -0.144. The minimum Gasteiger partial charge on any atom is -0.507 e. The highest BCUT2D eigenvalue weighted by Gasteiger charge is 2.35. The molecule has 12 nitrogen and oxygen atoms in total. The predicted molar refractivity (Wildman–Crippen MR) is 172 cm³/mol. The summed E-state index contributed by atoms with van der Waals surface area (Å²) in [6.45, 7) is 2.60. The zero-order valence-electron chi connectivity index (χ0n) is 26.8. The number of unbranched alkanes of at least 4 members (excludes halogenated alkanes) is 1. The molecular formula is C34H46N4O8. The third-order valence-corrected chi connectivity index (χ3v) is 8.45. The summed E-state index contributed by atoms with van der Waals surface area (Å²) >= 11 is 0. The van der Waals surface area contributed by atoms with Crippen LogP contribution < -0.4 is 16.4 Å². The molecule has 2 amide bonds. The van der Waals surface area contributed by atoms with E-state index in [1.807, 2.05) is 0 Å². The molecule has 4 bridgehead atoms. The number of benzene rings is 2. The summed E-state index contributed by atoms with van der Waals surface area (Å²) in [6.07, 6.45) is 2.21. The van der Waals surface area contributed by atoms with Crippen LogP contribution in [0.2, 0.25) is 0 Å². The van der Waals surface area contributed by atoms with Gasteiger partial charge in [-0.2, -0.15) is 0 Å². The number of aromatic hydroxyl groups is 2. The van der Waals surface area contributed by atoms with Crippen LogP contribution in [0.25, 0.3) is 11.1 Å². The van der Waals surface area contributed by atoms with Crippen LogP contribution in [0.5, 0.6) is 11.5 Å². The Balaban J connectivity index is 2.10. The SMILES string of the molecule is CNCCCC(=O)C[C@@H](CCCCN)C(=O)N(C)[C@@H]1C(=O)C[C@@H](C)C(=O)N[C@H](C(=O)O)Cc2ccc(O)c(c2)-c2cc1ccc2O. The first-order chi connectivity index (χ1) is 21.9. The Hall–Kier alpha value is -4.29. The maximum absolute atomic E-state index is 14.1. The lowest BCUT2D eigenvalue weighted by atomic mass is 9.88. The molecule has 46 heavy (non-hydrogen) atoms. The molecule has 4 atom stereocenters. The number of carbonyl (C=O) groups excluding carboxylic acids is 4. The smallest absolute Gasteiger partial charge is 0.326 e. The zero-order valence-corrected chi connectivity index (χ0v) is 26.8. The Kier molecular flexibility index (Phi) is 13.3. The molecule has 1 heterocycles. The molecule has 3 rings (SSSR count). The van der Waals surface area contributed by atoms with Crippen molar-refractivity contribution in [2.75, 3.05) is 27.2 Å². The number of aliphatic carboxylic acids is 1. The van der Waals surface area contributed by atoms with E-state index in [0.29, 0.717) is 56.3 Å². The number of ketones is 2. The number of phenols is 2. The number of hydrogen-bond donors (Lipinski definition) is 6. The van der Waals surface area contributed by atoms with Crippen molar-refractivity contribution >= 4 is 29.4 Å². The number of amides is 2. The number of likely N-dealkylation sites (N-methyl/N-ethyl adjacent to an activating group) is 1. The molecule has 0 radical (unpaired) electrons. The van der Waals surface area contributed by atoms with Gasteiger partial charge in [0.15, 0.2) is 5.78 Å². The van der Waals surface area contributed by atoms with Crippen molar-refractivity contribution < 1.29 is 39.3 Å². The van der Waals surface area contributed by atoms with Crippen molar-refractivity contribution in [1.82, 2.24) is 15.5 Å². The Morgan fingerprint density at radius 3 is 2.35 bits per heavy atom. The summed E-state index contributed by atoms with van der Waals surface area (Å²) in [5, 5.41) is 36.9. The van der Waals surface area contributed by atoms with E-state index in [9.17, 15) is 39.3 Å². The van der Waals surface area contributed by atoms with Gasteiger partial charge in [0, 0.05) is 55.7 Å². The second-order valence-corrected chi connectivity index (χ2v) is 12.1. The number of nitrogens with two attached hydrogens (primary N) is 1. The van der Waals surface area contributed by atoms with Crippen LogP contribution in [0.15, 0.2) is 36.4 Å². The van der Waals surface area contributed by atoms with Crippen molar-refractivity contribution in [3.63, 3.8) is 0 Å². The van der Waals surface area contributed by atoms with Gasteiger partial charge in [0.1, 0.15) is 29.4 Å². The quantitative estimate of drug-likeness (QED) is 0.177. The largest absolute Gasteiger partial charge is 0.507 e. The number of carboxylic acid groups (broad SMARTS) is 1. The Bertz CT molecular complexity index is 1430. The second-order valence-electron chi connectivity index (χ2n) is 12.1. The number of carboxylic acids is 1. The molecule has 2 aromatic rings. The molecule has 1 aliphatic rings. The summed E-state index contributed by atoms with van der Waals surface area (Å²) in [4.78, 5) is 67.4. The molecule has 0 unspecified atom stereocenters. The highest BCUT2D eigenvalue weighted by molar-refractivity contribution is 5.95. The van der Waals surface area contributed by atoms with Crippen LogP contribution in [-0.4, -0.2) is 82.8 Å². The number of Topliss-reactive ketones (excluding diaryl/α,β-unsaturated/α-hetero) is 2. The fraction of sp³-hybridized carbons (Fsp3) is 0.500. The van der Waals surface area contributed by atoms with E-state index < -0.39 is 47.5 Å². The lowest BCUT2D eigenvalue weighted by Crippen LogP contribution is -2.45. The third-order valence-electron chi connectivity index (χ3n) is 8.45. The first-order valence-corrected chi connectivity index (χ1v) is 15.7. The molecule has 0 aromatic heterocycles. The normalized spacial score (nSPS) is 19.1. The van der Waals surface area contributed by atoms with Gasteiger partial charge in [0.05, 0.1) is 0 Å². The minimum atomic E-state index is -1.31. The van der Waals surface area contributed by atoms with Crippen LogP contribution in [0, 0.1) is 11.8 Å². The van der Waals surface area contributed by atoms with E-state index in [1.54, 1.807) is 7.05 Å². The molecular weight excluding hydrogens is 592 g/mol. The molecule has 2 aromatic carbocycles. The summed E-state index contributed by atoms with van der Waals surface area (Å²) in [5.41, 5.74) is 6.87. The van der Waals surface area contributed by atoms with Gasteiger partial charge in [-0.25, -0.2) is 4.79 Å². The highest BCUT2D eigenvalue weighted by atomic mass is 16.4. The first-order valence-electron chi connectivity index (χ1n) is 15.7. The monoisotopic (exact) mass is 638 g/mol.